The second kappa shape index (κ2) is 5.56. The van der Waals surface area contributed by atoms with Crippen LogP contribution in [0.4, 0.5) is 5.82 Å². The zero-order valence-corrected chi connectivity index (χ0v) is 11.3. The molecule has 1 aromatic heterocycles. The molecule has 19 heavy (non-hydrogen) atoms. The summed E-state index contributed by atoms with van der Waals surface area (Å²) >= 11 is 0. The van der Waals surface area contributed by atoms with E-state index in [4.69, 9.17) is 4.74 Å². The first-order valence-electron chi connectivity index (χ1n) is 6.14. The third kappa shape index (κ3) is 2.76. The smallest absolute Gasteiger partial charge is 0.260 e. The van der Waals surface area contributed by atoms with E-state index in [1.807, 2.05) is 26.0 Å². The van der Waals surface area contributed by atoms with Gasteiger partial charge in [-0.2, -0.15) is 5.10 Å². The maximum absolute atomic E-state index is 12.2. The minimum Gasteiger partial charge on any atom is -0.496 e. The zero-order valence-electron chi connectivity index (χ0n) is 11.3. The monoisotopic (exact) mass is 259 g/mol. The van der Waals surface area contributed by atoms with E-state index in [0.717, 1.165) is 5.69 Å². The summed E-state index contributed by atoms with van der Waals surface area (Å²) in [6.45, 7) is 4.57. The molecule has 0 aliphatic rings. The van der Waals surface area contributed by atoms with Gasteiger partial charge in [0.1, 0.15) is 11.6 Å². The van der Waals surface area contributed by atoms with E-state index in [-0.39, 0.29) is 5.91 Å². The molecule has 100 valence electrons. The Kier molecular flexibility index (Phi) is 3.85. The van der Waals surface area contributed by atoms with E-state index < -0.39 is 0 Å². The van der Waals surface area contributed by atoms with Crippen molar-refractivity contribution in [3.8, 4) is 5.75 Å². The summed E-state index contributed by atoms with van der Waals surface area (Å²) in [5.74, 6) is 1.04. The predicted octanol–water partition coefficient (Wildman–Crippen LogP) is 2.47. The van der Waals surface area contributed by atoms with Crippen LogP contribution in [0.2, 0.25) is 0 Å². The molecule has 5 heteroatoms. The minimum atomic E-state index is -0.202. The lowest BCUT2D eigenvalue weighted by Crippen LogP contribution is -2.16. The van der Waals surface area contributed by atoms with E-state index in [2.05, 4.69) is 10.4 Å². The van der Waals surface area contributed by atoms with E-state index in [9.17, 15) is 4.79 Å². The molecular formula is C14H17N3O2. The Morgan fingerprint density at radius 3 is 2.84 bits per heavy atom. The number of hydrogen-bond donors (Lipinski definition) is 1. The first kappa shape index (κ1) is 13.1. The highest BCUT2D eigenvalue weighted by Crippen LogP contribution is 2.19. The first-order valence-corrected chi connectivity index (χ1v) is 6.14. The van der Waals surface area contributed by atoms with E-state index >= 15 is 0 Å². The van der Waals surface area contributed by atoms with Gasteiger partial charge < -0.3 is 10.1 Å². The molecule has 0 aliphatic heterocycles. The van der Waals surface area contributed by atoms with Crippen LogP contribution in [0.15, 0.2) is 30.3 Å². The van der Waals surface area contributed by atoms with Crippen LogP contribution in [-0.2, 0) is 6.54 Å². The topological polar surface area (TPSA) is 56.2 Å². The number of ether oxygens (including phenoxy) is 1. The predicted molar refractivity (Wildman–Crippen MR) is 73.6 cm³/mol. The molecule has 1 amide bonds. The van der Waals surface area contributed by atoms with Crippen molar-refractivity contribution in [1.82, 2.24) is 9.78 Å². The lowest BCUT2D eigenvalue weighted by molar-refractivity contribution is 0.102. The second-order valence-corrected chi connectivity index (χ2v) is 4.14. The molecule has 0 spiro atoms. The molecule has 0 saturated heterocycles. The van der Waals surface area contributed by atoms with Crippen LogP contribution in [-0.4, -0.2) is 22.8 Å². The highest BCUT2D eigenvalue weighted by atomic mass is 16.5. The fourth-order valence-corrected chi connectivity index (χ4v) is 1.90. The van der Waals surface area contributed by atoms with Gasteiger partial charge >= 0.3 is 0 Å². The molecule has 1 N–H and O–H groups in total. The number of hydrogen-bond acceptors (Lipinski definition) is 3. The van der Waals surface area contributed by atoms with Crippen molar-refractivity contribution < 1.29 is 9.53 Å². The number of amides is 1. The van der Waals surface area contributed by atoms with Gasteiger partial charge in [0, 0.05) is 12.6 Å². The molecule has 5 nitrogen and oxygen atoms in total. The van der Waals surface area contributed by atoms with Gasteiger partial charge in [-0.3, -0.25) is 4.79 Å². The normalized spacial score (nSPS) is 10.3. The van der Waals surface area contributed by atoms with Crippen LogP contribution >= 0.6 is 0 Å². The molecule has 0 bridgehead atoms. The van der Waals surface area contributed by atoms with Gasteiger partial charge in [-0.1, -0.05) is 12.1 Å². The van der Waals surface area contributed by atoms with Gasteiger partial charge in [-0.05, 0) is 26.0 Å². The maximum Gasteiger partial charge on any atom is 0.260 e. The minimum absolute atomic E-state index is 0.202. The summed E-state index contributed by atoms with van der Waals surface area (Å²) in [6, 6.07) is 8.97. The number of rotatable bonds is 4. The first-order chi connectivity index (χ1) is 9.15. The van der Waals surface area contributed by atoms with Crippen molar-refractivity contribution in [3.63, 3.8) is 0 Å². The van der Waals surface area contributed by atoms with Crippen LogP contribution in [0.3, 0.4) is 0 Å². The number of nitrogens with zero attached hydrogens (tertiary/aromatic N) is 2. The quantitative estimate of drug-likeness (QED) is 0.917. The number of anilines is 1. The Bertz CT molecular complexity index is 590. The highest BCUT2D eigenvalue weighted by molar-refractivity contribution is 6.05. The van der Waals surface area contributed by atoms with Crippen LogP contribution in [0.5, 0.6) is 5.75 Å². The second-order valence-electron chi connectivity index (χ2n) is 4.14. The van der Waals surface area contributed by atoms with Crippen LogP contribution < -0.4 is 10.1 Å². The van der Waals surface area contributed by atoms with Crippen LogP contribution in [0.1, 0.15) is 23.0 Å². The maximum atomic E-state index is 12.2. The van der Waals surface area contributed by atoms with Gasteiger partial charge in [0.25, 0.3) is 5.91 Å². The Balaban J connectivity index is 2.25. The molecule has 0 atom stereocenters. The van der Waals surface area contributed by atoms with Crippen molar-refractivity contribution in [1.29, 1.82) is 0 Å². The number of aromatic nitrogens is 2. The molecule has 0 unspecified atom stereocenters. The molecule has 0 fully saturated rings. The van der Waals surface area contributed by atoms with Crippen molar-refractivity contribution in [2.75, 3.05) is 12.4 Å². The fraction of sp³-hybridized carbons (Fsp3) is 0.286. The third-order valence-electron chi connectivity index (χ3n) is 2.79. The largest absolute Gasteiger partial charge is 0.496 e. The Labute approximate surface area is 112 Å². The summed E-state index contributed by atoms with van der Waals surface area (Å²) in [4.78, 5) is 12.2. The molecular weight excluding hydrogens is 242 g/mol. The Hall–Kier alpha value is -2.30. The van der Waals surface area contributed by atoms with Crippen molar-refractivity contribution in [3.05, 3.63) is 41.6 Å². The SMILES string of the molecule is CCn1nc(C)cc1NC(=O)c1ccccc1OC. The fourth-order valence-electron chi connectivity index (χ4n) is 1.90. The average molecular weight is 259 g/mol. The molecule has 2 aromatic rings. The van der Waals surface area contributed by atoms with E-state index in [1.54, 1.807) is 30.0 Å². The number of para-hydroxylation sites is 1. The number of methoxy groups -OCH3 is 1. The molecule has 1 heterocycles. The number of benzene rings is 1. The zero-order chi connectivity index (χ0) is 13.8. The van der Waals surface area contributed by atoms with Crippen LogP contribution in [0, 0.1) is 6.92 Å². The third-order valence-corrected chi connectivity index (χ3v) is 2.79. The van der Waals surface area contributed by atoms with Crippen molar-refractivity contribution in [2.24, 2.45) is 0 Å². The van der Waals surface area contributed by atoms with Gasteiger partial charge in [0.15, 0.2) is 0 Å². The molecule has 2 rings (SSSR count). The average Bonchev–Trinajstić information content (AvgIpc) is 2.78. The molecule has 1 aromatic carbocycles. The van der Waals surface area contributed by atoms with Gasteiger partial charge in [0.05, 0.1) is 18.4 Å². The van der Waals surface area contributed by atoms with Crippen LogP contribution in [0.25, 0.3) is 0 Å². The van der Waals surface area contributed by atoms with Gasteiger partial charge in [-0.25, -0.2) is 4.68 Å². The Morgan fingerprint density at radius 2 is 2.16 bits per heavy atom. The van der Waals surface area contributed by atoms with E-state index in [1.165, 1.54) is 0 Å². The number of carbonyl (C=O) groups is 1. The van der Waals surface area contributed by atoms with Crippen molar-refractivity contribution >= 4 is 11.7 Å². The lowest BCUT2D eigenvalue weighted by atomic mass is 10.2. The summed E-state index contributed by atoms with van der Waals surface area (Å²) < 4.78 is 6.94. The number of carbonyl (C=O) groups excluding carboxylic acids is 1. The van der Waals surface area contributed by atoms with Gasteiger partial charge in [-0.15, -0.1) is 0 Å². The number of nitrogens with one attached hydrogen (secondary N) is 1. The number of aryl methyl sites for hydroxylation is 2. The summed E-state index contributed by atoms with van der Waals surface area (Å²) in [5, 5.41) is 7.14. The highest BCUT2D eigenvalue weighted by Gasteiger charge is 2.14. The molecule has 0 saturated carbocycles. The van der Waals surface area contributed by atoms with E-state index in [0.29, 0.717) is 23.7 Å². The molecule has 0 radical (unpaired) electrons. The lowest BCUT2D eigenvalue weighted by Gasteiger charge is -2.09. The standard InChI is InChI=1S/C14H17N3O2/c1-4-17-13(9-10(2)16-17)15-14(18)11-7-5-6-8-12(11)19-3/h5-9H,4H2,1-3H3,(H,15,18). The summed E-state index contributed by atoms with van der Waals surface area (Å²) in [6.07, 6.45) is 0. The molecule has 0 aliphatic carbocycles. The van der Waals surface area contributed by atoms with Gasteiger partial charge in [0.2, 0.25) is 0 Å². The summed E-state index contributed by atoms with van der Waals surface area (Å²) in [7, 11) is 1.55. The van der Waals surface area contributed by atoms with Crippen molar-refractivity contribution in [2.45, 2.75) is 20.4 Å². The summed E-state index contributed by atoms with van der Waals surface area (Å²) in [5.41, 5.74) is 1.38. The Morgan fingerprint density at radius 1 is 1.42 bits per heavy atom.